The summed E-state index contributed by atoms with van der Waals surface area (Å²) < 4.78 is 10.9. The number of benzene rings is 2. The van der Waals surface area contributed by atoms with E-state index < -0.39 is 17.9 Å². The SMILES string of the molecule is CCC(C)c1ccc(OCC(=O)NNC(=O)C(C)Oc2ccc(Cl)cc2Cl)cc1. The van der Waals surface area contributed by atoms with E-state index in [2.05, 4.69) is 24.7 Å². The van der Waals surface area contributed by atoms with E-state index in [1.165, 1.54) is 18.6 Å². The zero-order valence-corrected chi connectivity index (χ0v) is 18.0. The molecule has 0 aromatic heterocycles. The molecule has 156 valence electrons. The summed E-state index contributed by atoms with van der Waals surface area (Å²) in [6.07, 6.45) is 0.164. The van der Waals surface area contributed by atoms with Crippen molar-refractivity contribution in [2.45, 2.75) is 39.2 Å². The Kier molecular flexibility index (Phi) is 8.61. The Morgan fingerprint density at radius 2 is 1.72 bits per heavy atom. The molecule has 8 heteroatoms. The lowest BCUT2D eigenvalue weighted by atomic mass is 9.99. The fourth-order valence-corrected chi connectivity index (χ4v) is 2.81. The van der Waals surface area contributed by atoms with Gasteiger partial charge in [0.25, 0.3) is 11.8 Å². The summed E-state index contributed by atoms with van der Waals surface area (Å²) in [5.74, 6) is 0.319. The maximum Gasteiger partial charge on any atom is 0.279 e. The predicted molar refractivity (Wildman–Crippen MR) is 113 cm³/mol. The Morgan fingerprint density at radius 1 is 1.03 bits per heavy atom. The van der Waals surface area contributed by atoms with E-state index in [-0.39, 0.29) is 11.6 Å². The number of hydrogen-bond acceptors (Lipinski definition) is 4. The normalized spacial score (nSPS) is 12.6. The van der Waals surface area contributed by atoms with Gasteiger partial charge >= 0.3 is 0 Å². The number of carbonyl (C=O) groups is 2. The largest absolute Gasteiger partial charge is 0.484 e. The third kappa shape index (κ3) is 7.15. The fourth-order valence-electron chi connectivity index (χ4n) is 2.36. The minimum Gasteiger partial charge on any atom is -0.484 e. The number of nitrogens with one attached hydrogen (secondary N) is 2. The van der Waals surface area contributed by atoms with Crippen molar-refractivity contribution in [3.8, 4) is 11.5 Å². The van der Waals surface area contributed by atoms with Crippen LogP contribution >= 0.6 is 23.2 Å². The van der Waals surface area contributed by atoms with E-state index >= 15 is 0 Å². The second kappa shape index (κ2) is 10.9. The third-order valence-corrected chi connectivity index (χ3v) is 4.85. The van der Waals surface area contributed by atoms with Crippen LogP contribution in [-0.2, 0) is 9.59 Å². The van der Waals surface area contributed by atoms with Gasteiger partial charge in [0.2, 0.25) is 0 Å². The predicted octanol–water partition coefficient (Wildman–Crippen LogP) is 4.50. The molecule has 0 saturated carbocycles. The number of halogens is 2. The molecule has 0 aliphatic rings. The minimum absolute atomic E-state index is 0.235. The Labute approximate surface area is 180 Å². The van der Waals surface area contributed by atoms with Crippen molar-refractivity contribution in [3.05, 3.63) is 58.1 Å². The highest BCUT2D eigenvalue weighted by atomic mass is 35.5. The van der Waals surface area contributed by atoms with Gasteiger partial charge in [0, 0.05) is 5.02 Å². The van der Waals surface area contributed by atoms with Gasteiger partial charge in [-0.1, -0.05) is 49.2 Å². The summed E-state index contributed by atoms with van der Waals surface area (Å²) >= 11 is 11.8. The Balaban J connectivity index is 1.75. The molecule has 2 amide bonds. The molecule has 0 radical (unpaired) electrons. The molecule has 0 bridgehead atoms. The van der Waals surface area contributed by atoms with Gasteiger partial charge in [0.15, 0.2) is 12.7 Å². The standard InChI is InChI=1S/C21H24Cl2N2O4/c1-4-13(2)15-5-8-17(9-6-15)28-12-20(26)24-25-21(27)14(3)29-19-10-7-16(22)11-18(19)23/h5-11,13-14H,4,12H2,1-3H3,(H,24,26)(H,25,27). The monoisotopic (exact) mass is 438 g/mol. The quantitative estimate of drug-likeness (QED) is 0.594. The van der Waals surface area contributed by atoms with E-state index in [1.807, 2.05) is 24.3 Å². The van der Waals surface area contributed by atoms with Gasteiger partial charge in [0.05, 0.1) is 5.02 Å². The molecule has 6 nitrogen and oxygen atoms in total. The van der Waals surface area contributed by atoms with Crippen molar-refractivity contribution in [1.82, 2.24) is 10.9 Å². The molecule has 0 heterocycles. The van der Waals surface area contributed by atoms with E-state index in [1.54, 1.807) is 12.1 Å². The zero-order valence-electron chi connectivity index (χ0n) is 16.5. The lowest BCUT2D eigenvalue weighted by Crippen LogP contribution is -2.48. The highest BCUT2D eigenvalue weighted by Gasteiger charge is 2.17. The van der Waals surface area contributed by atoms with Crippen LogP contribution in [0.3, 0.4) is 0 Å². The molecule has 2 unspecified atom stereocenters. The van der Waals surface area contributed by atoms with Crippen LogP contribution in [0.25, 0.3) is 0 Å². The second-order valence-electron chi connectivity index (χ2n) is 6.54. The molecule has 2 rings (SSSR count). The number of amides is 2. The summed E-state index contributed by atoms with van der Waals surface area (Å²) in [4.78, 5) is 24.0. The van der Waals surface area contributed by atoms with Crippen molar-refractivity contribution in [2.75, 3.05) is 6.61 Å². The van der Waals surface area contributed by atoms with Crippen molar-refractivity contribution in [2.24, 2.45) is 0 Å². The van der Waals surface area contributed by atoms with Gasteiger partial charge in [-0.25, -0.2) is 0 Å². The highest BCUT2D eigenvalue weighted by molar-refractivity contribution is 6.35. The lowest BCUT2D eigenvalue weighted by molar-refractivity contribution is -0.133. The highest BCUT2D eigenvalue weighted by Crippen LogP contribution is 2.28. The molecular weight excluding hydrogens is 415 g/mol. The van der Waals surface area contributed by atoms with Crippen molar-refractivity contribution >= 4 is 35.0 Å². The number of rotatable bonds is 8. The molecule has 0 spiro atoms. The topological polar surface area (TPSA) is 76.7 Å². The van der Waals surface area contributed by atoms with Gasteiger partial charge in [-0.2, -0.15) is 0 Å². The van der Waals surface area contributed by atoms with E-state index in [4.69, 9.17) is 32.7 Å². The van der Waals surface area contributed by atoms with Crippen molar-refractivity contribution in [3.63, 3.8) is 0 Å². The second-order valence-corrected chi connectivity index (χ2v) is 7.38. The van der Waals surface area contributed by atoms with Crippen LogP contribution in [0, 0.1) is 0 Å². The van der Waals surface area contributed by atoms with Gasteiger partial charge < -0.3 is 9.47 Å². The summed E-state index contributed by atoms with van der Waals surface area (Å²) in [7, 11) is 0. The first-order valence-corrected chi connectivity index (χ1v) is 9.99. The molecule has 2 atom stereocenters. The van der Waals surface area contributed by atoms with E-state index in [0.717, 1.165) is 6.42 Å². The van der Waals surface area contributed by atoms with E-state index in [0.29, 0.717) is 22.4 Å². The molecular formula is C21H24Cl2N2O4. The van der Waals surface area contributed by atoms with Crippen LogP contribution in [-0.4, -0.2) is 24.5 Å². The maximum atomic E-state index is 12.1. The first-order valence-electron chi connectivity index (χ1n) is 9.23. The number of carbonyl (C=O) groups excluding carboxylic acids is 2. The lowest BCUT2D eigenvalue weighted by Gasteiger charge is -2.16. The smallest absolute Gasteiger partial charge is 0.279 e. The van der Waals surface area contributed by atoms with Crippen LogP contribution in [0.5, 0.6) is 11.5 Å². The molecule has 0 aliphatic carbocycles. The first-order chi connectivity index (χ1) is 13.8. The van der Waals surface area contributed by atoms with Crippen LogP contribution in [0.4, 0.5) is 0 Å². The Hall–Kier alpha value is -2.44. The van der Waals surface area contributed by atoms with E-state index in [9.17, 15) is 9.59 Å². The molecule has 0 aliphatic heterocycles. The first kappa shape index (κ1) is 22.8. The summed E-state index contributed by atoms with van der Waals surface area (Å²) in [6, 6.07) is 12.3. The molecule has 2 aromatic rings. The van der Waals surface area contributed by atoms with Crippen molar-refractivity contribution < 1.29 is 19.1 Å². The van der Waals surface area contributed by atoms with Gasteiger partial charge in [-0.15, -0.1) is 0 Å². The van der Waals surface area contributed by atoms with Crippen LogP contribution in [0.2, 0.25) is 10.0 Å². The Morgan fingerprint density at radius 3 is 2.34 bits per heavy atom. The average Bonchev–Trinajstić information content (AvgIpc) is 2.72. The van der Waals surface area contributed by atoms with Crippen LogP contribution in [0.1, 0.15) is 38.7 Å². The summed E-state index contributed by atoms with van der Waals surface area (Å²) in [6.45, 7) is 5.57. The summed E-state index contributed by atoms with van der Waals surface area (Å²) in [5.41, 5.74) is 5.79. The van der Waals surface area contributed by atoms with Gasteiger partial charge in [0.1, 0.15) is 11.5 Å². The average molecular weight is 439 g/mol. The third-order valence-electron chi connectivity index (χ3n) is 4.32. The number of ether oxygens (including phenoxy) is 2. The van der Waals surface area contributed by atoms with Crippen LogP contribution < -0.4 is 20.3 Å². The maximum absolute atomic E-state index is 12.1. The van der Waals surface area contributed by atoms with Crippen molar-refractivity contribution in [1.29, 1.82) is 0 Å². The van der Waals surface area contributed by atoms with Crippen LogP contribution in [0.15, 0.2) is 42.5 Å². The summed E-state index contributed by atoms with van der Waals surface area (Å²) in [5, 5.41) is 0.746. The number of hydrazine groups is 1. The zero-order chi connectivity index (χ0) is 21.4. The molecule has 0 saturated heterocycles. The van der Waals surface area contributed by atoms with Gasteiger partial charge in [-0.3, -0.25) is 20.4 Å². The number of hydrogen-bond donors (Lipinski definition) is 2. The molecule has 2 aromatic carbocycles. The Bertz CT molecular complexity index is 843. The molecule has 2 N–H and O–H groups in total. The molecule has 29 heavy (non-hydrogen) atoms. The fraction of sp³-hybridized carbons (Fsp3) is 0.333. The minimum atomic E-state index is -0.886. The molecule has 0 fully saturated rings. The van der Waals surface area contributed by atoms with Gasteiger partial charge in [-0.05, 0) is 55.2 Å².